The molecule has 52 heavy (non-hydrogen) atoms. The largest absolute Gasteiger partial charge is 0.508 e. The van der Waals surface area contributed by atoms with Gasteiger partial charge in [-0.2, -0.15) is 0 Å². The number of esters is 1. The maximum atomic E-state index is 13.3. The van der Waals surface area contributed by atoms with Crippen LogP contribution in [0, 0.1) is 12.0 Å². The van der Waals surface area contributed by atoms with Gasteiger partial charge in [-0.3, -0.25) is 9.52 Å². The summed E-state index contributed by atoms with van der Waals surface area (Å²) in [6.45, 7) is 6.40. The van der Waals surface area contributed by atoms with Gasteiger partial charge in [0.1, 0.15) is 29.3 Å². The summed E-state index contributed by atoms with van der Waals surface area (Å²) in [6.07, 6.45) is 1.76. The lowest BCUT2D eigenvalue weighted by Crippen LogP contribution is -2.46. The molecule has 266 valence electrons. The van der Waals surface area contributed by atoms with E-state index in [2.05, 4.69) is 47.8 Å². The molecule has 2 atom stereocenters. The molecule has 12 heteroatoms. The van der Waals surface area contributed by atoms with E-state index in [4.69, 9.17) is 15.2 Å². The SMILES string of the molecule is CC(C)(C)c1ccc(C[C@@H](C=O)NC(=O)C(N)CCC#CNSC=Nc2ccc3c(c2)C(=O)OC32c3ccc(O)cc3Oc3cc(O)ccc32)cc1. The number of benzene rings is 4. The highest BCUT2D eigenvalue weighted by atomic mass is 32.2. The van der Waals surface area contributed by atoms with Crippen LogP contribution in [0.25, 0.3) is 0 Å². The summed E-state index contributed by atoms with van der Waals surface area (Å²) in [7, 11) is 0. The Morgan fingerprint density at radius 2 is 1.63 bits per heavy atom. The predicted octanol–water partition coefficient (Wildman–Crippen LogP) is 5.86. The minimum Gasteiger partial charge on any atom is -0.508 e. The van der Waals surface area contributed by atoms with Gasteiger partial charge in [-0.1, -0.05) is 57.0 Å². The number of nitrogens with one attached hydrogen (secondary N) is 2. The molecule has 6 rings (SSSR count). The second-order valence-corrected chi connectivity index (χ2v) is 14.2. The number of hydrogen-bond acceptors (Lipinski definition) is 11. The standard InChI is InChI=1S/C40H38N4O7S/c1-39(2,3)25-9-7-24(8-10-25)18-27(22-45)44-37(48)34(41)6-4-5-17-43-52-23-42-26-11-14-31-30(19-26)38(49)51-40(31)32-15-12-28(46)20-35(32)50-36-21-29(47)13-16-33(36)40/h7-16,19-23,27,34,43,46-47H,4,6,18,41H2,1-3H3,(H,44,48)/t27-,34?/m0/s1. The molecular formula is C40H38N4O7S. The van der Waals surface area contributed by atoms with Crippen molar-refractivity contribution in [1.29, 1.82) is 0 Å². The van der Waals surface area contributed by atoms with Gasteiger partial charge in [-0.05, 0) is 65.8 Å². The molecule has 1 unspecified atom stereocenters. The smallest absolute Gasteiger partial charge is 0.340 e. The van der Waals surface area contributed by atoms with Crippen molar-refractivity contribution in [2.45, 2.75) is 63.1 Å². The Balaban J connectivity index is 1.01. The van der Waals surface area contributed by atoms with E-state index >= 15 is 0 Å². The monoisotopic (exact) mass is 718 g/mol. The normalized spacial score (nSPS) is 14.9. The third-order valence-electron chi connectivity index (χ3n) is 8.89. The van der Waals surface area contributed by atoms with Crippen molar-refractivity contribution in [2.75, 3.05) is 0 Å². The van der Waals surface area contributed by atoms with Gasteiger partial charge in [0, 0.05) is 53.2 Å². The van der Waals surface area contributed by atoms with Crippen LogP contribution < -0.4 is 20.5 Å². The fraction of sp³-hybridized carbons (Fsp3) is 0.250. The summed E-state index contributed by atoms with van der Waals surface area (Å²) in [5, 5.41) is 22.9. The minimum absolute atomic E-state index is 0.0211. The molecular weight excluding hydrogens is 681 g/mol. The Kier molecular flexibility index (Phi) is 10.3. The molecule has 4 aromatic carbocycles. The fourth-order valence-corrected chi connectivity index (χ4v) is 6.55. The molecule has 1 amide bonds. The van der Waals surface area contributed by atoms with Crippen molar-refractivity contribution in [3.8, 4) is 35.0 Å². The summed E-state index contributed by atoms with van der Waals surface area (Å²) in [5.41, 5.74) is 10.9. The van der Waals surface area contributed by atoms with Crippen LogP contribution in [0.2, 0.25) is 0 Å². The first-order chi connectivity index (χ1) is 24.9. The van der Waals surface area contributed by atoms with Gasteiger partial charge in [0.25, 0.3) is 0 Å². The van der Waals surface area contributed by atoms with E-state index in [0.717, 1.165) is 23.8 Å². The van der Waals surface area contributed by atoms with E-state index in [1.807, 2.05) is 24.3 Å². The molecule has 4 aromatic rings. The first-order valence-electron chi connectivity index (χ1n) is 16.6. The van der Waals surface area contributed by atoms with Crippen molar-refractivity contribution in [1.82, 2.24) is 10.0 Å². The average molecular weight is 719 g/mol. The molecule has 1 spiro atoms. The van der Waals surface area contributed by atoms with E-state index in [1.165, 1.54) is 35.4 Å². The summed E-state index contributed by atoms with van der Waals surface area (Å²) in [5.74, 6) is 2.51. The molecule has 0 saturated heterocycles. The Morgan fingerprint density at radius 3 is 2.27 bits per heavy atom. The highest BCUT2D eigenvalue weighted by Crippen LogP contribution is 2.57. The number of phenolic OH excluding ortho intramolecular Hbond substituents is 2. The number of rotatable bonds is 10. The molecule has 2 aliphatic heterocycles. The third-order valence-corrected chi connectivity index (χ3v) is 9.33. The number of fused-ring (bicyclic) bond motifs is 6. The minimum atomic E-state index is -1.34. The Labute approximate surface area is 305 Å². The Morgan fingerprint density at radius 1 is 0.981 bits per heavy atom. The number of aromatic hydroxyl groups is 2. The molecule has 0 bridgehead atoms. The second kappa shape index (κ2) is 14.8. The number of ether oxygens (including phenoxy) is 2. The van der Waals surface area contributed by atoms with E-state index in [-0.39, 0.29) is 16.9 Å². The lowest BCUT2D eigenvalue weighted by Gasteiger charge is -2.36. The molecule has 0 saturated carbocycles. The highest BCUT2D eigenvalue weighted by Gasteiger charge is 2.53. The Hall–Kier alpha value is -5.77. The number of carbonyl (C=O) groups excluding carboxylic acids is 3. The summed E-state index contributed by atoms with van der Waals surface area (Å²) in [4.78, 5) is 42.0. The number of aldehydes is 1. The van der Waals surface area contributed by atoms with E-state index < -0.39 is 29.6 Å². The van der Waals surface area contributed by atoms with Crippen molar-refractivity contribution < 1.29 is 34.1 Å². The Bertz CT molecular complexity index is 2060. The number of nitrogens with two attached hydrogens (primary N) is 1. The van der Waals surface area contributed by atoms with Gasteiger partial charge in [-0.25, -0.2) is 9.79 Å². The number of hydrogen-bond donors (Lipinski definition) is 5. The summed E-state index contributed by atoms with van der Waals surface area (Å²) < 4.78 is 14.9. The van der Waals surface area contributed by atoms with Crippen LogP contribution in [0.3, 0.4) is 0 Å². The molecule has 2 aliphatic rings. The maximum absolute atomic E-state index is 13.3. The zero-order chi connectivity index (χ0) is 37.0. The first kappa shape index (κ1) is 36.0. The van der Waals surface area contributed by atoms with Crippen molar-refractivity contribution >= 4 is 41.3 Å². The quantitative estimate of drug-likeness (QED) is 0.0196. The maximum Gasteiger partial charge on any atom is 0.340 e. The van der Waals surface area contributed by atoms with Gasteiger partial charge >= 0.3 is 5.97 Å². The van der Waals surface area contributed by atoms with Crippen molar-refractivity contribution in [3.63, 3.8) is 0 Å². The van der Waals surface area contributed by atoms with Crippen LogP contribution in [0.5, 0.6) is 23.0 Å². The fourth-order valence-electron chi connectivity index (χ4n) is 6.19. The molecule has 0 aromatic heterocycles. The van der Waals surface area contributed by atoms with Crippen LogP contribution in [0.4, 0.5) is 5.69 Å². The average Bonchev–Trinajstić information content (AvgIpc) is 3.39. The molecule has 0 radical (unpaired) electrons. The number of phenols is 2. The van der Waals surface area contributed by atoms with Gasteiger partial charge in [0.15, 0.2) is 5.60 Å². The predicted molar refractivity (Wildman–Crippen MR) is 199 cm³/mol. The summed E-state index contributed by atoms with van der Waals surface area (Å²) >= 11 is 1.12. The van der Waals surface area contributed by atoms with Gasteiger partial charge < -0.3 is 35.5 Å². The lowest BCUT2D eigenvalue weighted by molar-refractivity contribution is -0.125. The molecule has 0 fully saturated rings. The van der Waals surface area contributed by atoms with Gasteiger partial charge in [-0.15, -0.1) is 0 Å². The van der Waals surface area contributed by atoms with Crippen molar-refractivity contribution in [2.24, 2.45) is 10.7 Å². The van der Waals surface area contributed by atoms with Crippen LogP contribution >= 0.6 is 11.9 Å². The zero-order valence-corrected chi connectivity index (χ0v) is 29.6. The first-order valence-corrected chi connectivity index (χ1v) is 17.5. The zero-order valence-electron chi connectivity index (χ0n) is 28.8. The van der Waals surface area contributed by atoms with Crippen LogP contribution in [0.15, 0.2) is 83.9 Å². The van der Waals surface area contributed by atoms with Gasteiger partial charge in [0.2, 0.25) is 5.91 Å². The number of amides is 1. The molecule has 2 heterocycles. The number of aliphatic imine (C=N–C) groups is 1. The van der Waals surface area contributed by atoms with Crippen LogP contribution in [0.1, 0.15) is 71.8 Å². The number of nitrogens with zero attached hydrogens (tertiary/aromatic N) is 1. The second-order valence-electron chi connectivity index (χ2n) is 13.6. The molecule has 11 nitrogen and oxygen atoms in total. The van der Waals surface area contributed by atoms with E-state index in [9.17, 15) is 24.6 Å². The topological polar surface area (TPSA) is 173 Å². The molecule has 0 aliphatic carbocycles. The van der Waals surface area contributed by atoms with E-state index in [0.29, 0.717) is 58.7 Å². The third kappa shape index (κ3) is 7.46. The van der Waals surface area contributed by atoms with Crippen LogP contribution in [-0.4, -0.2) is 46.0 Å². The van der Waals surface area contributed by atoms with Gasteiger partial charge in [0.05, 0.1) is 28.9 Å². The lowest BCUT2D eigenvalue weighted by atomic mass is 9.77. The van der Waals surface area contributed by atoms with Crippen LogP contribution in [-0.2, 0) is 31.8 Å². The van der Waals surface area contributed by atoms with E-state index in [1.54, 1.807) is 30.3 Å². The summed E-state index contributed by atoms with van der Waals surface area (Å²) in [6, 6.07) is 23.6. The molecule has 6 N–H and O–H groups in total. The highest BCUT2D eigenvalue weighted by molar-refractivity contribution is 8.10. The number of carbonyl (C=O) groups is 3. The van der Waals surface area contributed by atoms with Crippen molar-refractivity contribution in [3.05, 3.63) is 112 Å².